The lowest BCUT2D eigenvalue weighted by Gasteiger charge is -2.05. The van der Waals surface area contributed by atoms with E-state index in [2.05, 4.69) is 10.1 Å². The molecule has 18 heavy (non-hydrogen) atoms. The molecule has 1 aromatic carbocycles. The van der Waals surface area contributed by atoms with Crippen LogP contribution in [0.1, 0.15) is 20.7 Å². The largest absolute Gasteiger partial charge is 0.478 e. The van der Waals surface area contributed by atoms with E-state index in [4.69, 9.17) is 10.8 Å². The number of aromatic carboxylic acids is 1. The van der Waals surface area contributed by atoms with Crippen molar-refractivity contribution in [1.82, 2.24) is 5.32 Å². The fourth-order valence-corrected chi connectivity index (χ4v) is 1.21. The Bertz CT molecular complexity index is 472. The van der Waals surface area contributed by atoms with E-state index in [0.717, 1.165) is 0 Å². The number of carboxylic acid groups (broad SMARTS) is 1. The molecule has 0 spiro atoms. The van der Waals surface area contributed by atoms with Crippen molar-refractivity contribution >= 4 is 18.0 Å². The number of amides is 2. The van der Waals surface area contributed by atoms with Gasteiger partial charge in [-0.1, -0.05) is 6.07 Å². The van der Waals surface area contributed by atoms with Crippen LogP contribution in [0, 0.1) is 0 Å². The SMILES string of the molecule is NC(=O)OCCNC(=O)c1cccc(C(=O)O)c1. The molecule has 7 heteroatoms. The van der Waals surface area contributed by atoms with Crippen LogP contribution in [-0.2, 0) is 4.74 Å². The van der Waals surface area contributed by atoms with Crippen LogP contribution in [0.25, 0.3) is 0 Å². The zero-order valence-electron chi connectivity index (χ0n) is 9.38. The molecule has 0 aromatic heterocycles. The fourth-order valence-electron chi connectivity index (χ4n) is 1.21. The van der Waals surface area contributed by atoms with E-state index in [1.54, 1.807) is 0 Å². The number of carboxylic acids is 1. The third kappa shape index (κ3) is 4.12. The lowest BCUT2D eigenvalue weighted by molar-refractivity contribution is 0.0696. The molecule has 0 heterocycles. The van der Waals surface area contributed by atoms with Crippen molar-refractivity contribution in [3.05, 3.63) is 35.4 Å². The Hall–Kier alpha value is -2.57. The van der Waals surface area contributed by atoms with Crippen LogP contribution in [0.4, 0.5) is 4.79 Å². The molecule has 0 radical (unpaired) electrons. The van der Waals surface area contributed by atoms with Gasteiger partial charge in [-0.15, -0.1) is 0 Å². The molecule has 0 unspecified atom stereocenters. The van der Waals surface area contributed by atoms with Crippen molar-refractivity contribution in [1.29, 1.82) is 0 Å². The highest BCUT2D eigenvalue weighted by Gasteiger charge is 2.08. The lowest BCUT2D eigenvalue weighted by atomic mass is 10.1. The second-order valence-electron chi connectivity index (χ2n) is 3.31. The maximum atomic E-state index is 11.6. The highest BCUT2D eigenvalue weighted by atomic mass is 16.5. The van der Waals surface area contributed by atoms with Crippen molar-refractivity contribution in [3.63, 3.8) is 0 Å². The van der Waals surface area contributed by atoms with Gasteiger partial charge in [0, 0.05) is 5.56 Å². The molecule has 96 valence electrons. The molecule has 0 fully saturated rings. The lowest BCUT2D eigenvalue weighted by Crippen LogP contribution is -2.29. The topological polar surface area (TPSA) is 119 Å². The number of rotatable bonds is 5. The number of nitrogens with two attached hydrogens (primary N) is 1. The second kappa shape index (κ2) is 6.24. The smallest absolute Gasteiger partial charge is 0.404 e. The quantitative estimate of drug-likeness (QED) is 0.647. The van der Waals surface area contributed by atoms with E-state index >= 15 is 0 Å². The monoisotopic (exact) mass is 252 g/mol. The van der Waals surface area contributed by atoms with Crippen LogP contribution < -0.4 is 11.1 Å². The number of hydrogen-bond donors (Lipinski definition) is 3. The molecule has 0 aliphatic rings. The molecule has 7 nitrogen and oxygen atoms in total. The molecule has 0 saturated heterocycles. The third-order valence-corrected chi connectivity index (χ3v) is 2.00. The first-order valence-corrected chi connectivity index (χ1v) is 5.04. The molecule has 1 rings (SSSR count). The molecule has 0 aliphatic carbocycles. The van der Waals surface area contributed by atoms with Crippen LogP contribution >= 0.6 is 0 Å². The number of ether oxygens (including phenoxy) is 1. The van der Waals surface area contributed by atoms with Gasteiger partial charge < -0.3 is 20.9 Å². The van der Waals surface area contributed by atoms with Crippen molar-refractivity contribution < 1.29 is 24.2 Å². The molecule has 0 atom stereocenters. The average Bonchev–Trinajstić information content (AvgIpc) is 2.34. The van der Waals surface area contributed by atoms with Gasteiger partial charge in [0.05, 0.1) is 12.1 Å². The number of carbonyl (C=O) groups is 3. The van der Waals surface area contributed by atoms with Crippen LogP contribution in [0.3, 0.4) is 0 Å². The Balaban J connectivity index is 2.53. The van der Waals surface area contributed by atoms with Gasteiger partial charge in [0.1, 0.15) is 6.61 Å². The summed E-state index contributed by atoms with van der Waals surface area (Å²) in [5, 5.41) is 11.2. The van der Waals surface area contributed by atoms with Crippen LogP contribution in [0.2, 0.25) is 0 Å². The van der Waals surface area contributed by atoms with E-state index in [9.17, 15) is 14.4 Å². The molecule has 4 N–H and O–H groups in total. The summed E-state index contributed by atoms with van der Waals surface area (Å²) in [4.78, 5) is 32.6. The van der Waals surface area contributed by atoms with Crippen LogP contribution in [-0.4, -0.2) is 36.2 Å². The van der Waals surface area contributed by atoms with Gasteiger partial charge in [0.2, 0.25) is 0 Å². The van der Waals surface area contributed by atoms with Crippen molar-refractivity contribution in [2.75, 3.05) is 13.2 Å². The third-order valence-electron chi connectivity index (χ3n) is 2.00. The summed E-state index contributed by atoms with van der Waals surface area (Å²) in [6.07, 6.45) is -0.919. The fraction of sp³-hybridized carbons (Fsp3) is 0.182. The normalized spacial score (nSPS) is 9.56. The minimum absolute atomic E-state index is 0.0241. The molecule has 0 saturated carbocycles. The number of primary amides is 1. The second-order valence-corrected chi connectivity index (χ2v) is 3.31. The average molecular weight is 252 g/mol. The maximum Gasteiger partial charge on any atom is 0.404 e. The molecule has 1 aromatic rings. The first-order valence-electron chi connectivity index (χ1n) is 5.04. The van der Waals surface area contributed by atoms with Crippen LogP contribution in [0.15, 0.2) is 24.3 Å². The van der Waals surface area contributed by atoms with Gasteiger partial charge in [0.15, 0.2) is 0 Å². The van der Waals surface area contributed by atoms with Gasteiger partial charge in [-0.05, 0) is 18.2 Å². The maximum absolute atomic E-state index is 11.6. The Morgan fingerprint density at radius 3 is 2.56 bits per heavy atom. The standard InChI is InChI=1S/C11H12N2O5/c12-11(17)18-5-4-13-9(14)7-2-1-3-8(6-7)10(15)16/h1-3,6H,4-5H2,(H2,12,17)(H,13,14)(H,15,16). The number of hydrogen-bond acceptors (Lipinski definition) is 4. The molecular weight excluding hydrogens is 240 g/mol. The summed E-state index contributed by atoms with van der Waals surface area (Å²) in [5.74, 6) is -1.56. The van der Waals surface area contributed by atoms with E-state index in [1.165, 1.54) is 24.3 Å². The van der Waals surface area contributed by atoms with Crippen molar-refractivity contribution in [3.8, 4) is 0 Å². The molecule has 2 amide bonds. The van der Waals surface area contributed by atoms with E-state index in [0.29, 0.717) is 0 Å². The first-order chi connectivity index (χ1) is 8.50. The van der Waals surface area contributed by atoms with Gasteiger partial charge in [-0.3, -0.25) is 4.79 Å². The predicted octanol–water partition coefficient (Wildman–Crippen LogP) is 0.210. The van der Waals surface area contributed by atoms with Gasteiger partial charge >= 0.3 is 12.1 Å². The number of carbonyl (C=O) groups excluding carboxylic acids is 2. The first kappa shape index (κ1) is 13.5. The Morgan fingerprint density at radius 1 is 1.28 bits per heavy atom. The Labute approximate surface area is 103 Å². The molecule has 0 aliphatic heterocycles. The van der Waals surface area contributed by atoms with E-state index in [-0.39, 0.29) is 24.3 Å². The molecule has 0 bridgehead atoms. The van der Waals surface area contributed by atoms with Gasteiger partial charge in [0.25, 0.3) is 5.91 Å². The van der Waals surface area contributed by atoms with Crippen molar-refractivity contribution in [2.24, 2.45) is 5.73 Å². The Kier molecular flexibility index (Phi) is 4.67. The van der Waals surface area contributed by atoms with Gasteiger partial charge in [-0.2, -0.15) is 0 Å². The molecular formula is C11H12N2O5. The minimum Gasteiger partial charge on any atom is -0.478 e. The summed E-state index contributed by atoms with van der Waals surface area (Å²) in [6, 6.07) is 5.59. The zero-order chi connectivity index (χ0) is 13.5. The van der Waals surface area contributed by atoms with Crippen molar-refractivity contribution in [2.45, 2.75) is 0 Å². The predicted molar refractivity (Wildman–Crippen MR) is 61.3 cm³/mol. The van der Waals surface area contributed by atoms with Crippen LogP contribution in [0.5, 0.6) is 0 Å². The summed E-state index contributed by atoms with van der Waals surface area (Å²) in [5.41, 5.74) is 4.98. The number of nitrogens with one attached hydrogen (secondary N) is 1. The summed E-state index contributed by atoms with van der Waals surface area (Å²) in [7, 11) is 0. The van der Waals surface area contributed by atoms with E-state index < -0.39 is 18.0 Å². The number of benzene rings is 1. The highest BCUT2D eigenvalue weighted by molar-refractivity contribution is 5.97. The van der Waals surface area contributed by atoms with Gasteiger partial charge in [-0.25, -0.2) is 9.59 Å². The highest BCUT2D eigenvalue weighted by Crippen LogP contribution is 2.05. The summed E-state index contributed by atoms with van der Waals surface area (Å²) >= 11 is 0. The minimum atomic E-state index is -1.11. The Morgan fingerprint density at radius 2 is 1.94 bits per heavy atom. The van der Waals surface area contributed by atoms with E-state index in [1.807, 2.05) is 0 Å². The summed E-state index contributed by atoms with van der Waals surface area (Å²) in [6.45, 7) is 0.0543. The zero-order valence-corrected chi connectivity index (χ0v) is 9.38. The summed E-state index contributed by atoms with van der Waals surface area (Å²) < 4.78 is 4.42.